The highest BCUT2D eigenvalue weighted by Gasteiger charge is 2.21. The lowest BCUT2D eigenvalue weighted by molar-refractivity contribution is -0.384. The van der Waals surface area contributed by atoms with Crippen LogP contribution in [0.4, 0.5) is 5.69 Å². The maximum atomic E-state index is 11.0. The highest BCUT2D eigenvalue weighted by atomic mass is 79.9. The molecule has 0 amide bonds. The van der Waals surface area contributed by atoms with Gasteiger partial charge in [0.05, 0.1) is 4.92 Å². The van der Waals surface area contributed by atoms with Crippen LogP contribution in [0.5, 0.6) is 0 Å². The summed E-state index contributed by atoms with van der Waals surface area (Å²) in [4.78, 5) is 13.1. The monoisotopic (exact) mass is 613 g/mol. The zero-order valence-corrected chi connectivity index (χ0v) is 25.2. The predicted octanol–water partition coefficient (Wildman–Crippen LogP) is 0.142. The fourth-order valence-corrected chi connectivity index (χ4v) is 5.12. The molecule has 1 aromatic carbocycles. The molecule has 12 heteroatoms. The Hall–Kier alpha value is -1.22. The normalized spacial score (nSPS) is 23.5. The number of halogens is 1. The minimum absolute atomic E-state index is 0. The van der Waals surface area contributed by atoms with Gasteiger partial charge in [-0.1, -0.05) is 12.1 Å². The molecule has 0 radical (unpaired) electrons. The van der Waals surface area contributed by atoms with E-state index in [4.69, 9.17) is 0 Å². The lowest BCUT2D eigenvalue weighted by Crippen LogP contribution is -2.47. The SMILES string of the molecule is Br.O=[N+]([O-])c1ccc(CN2CCCNCCNCC(C3CNCCNCCCNCCNC3)CNCC2)cc1. The van der Waals surface area contributed by atoms with E-state index in [1.165, 1.54) is 6.42 Å². The number of hydrogen-bond donors (Lipinski definition) is 7. The molecule has 11 nitrogen and oxygen atoms in total. The number of hydrogen-bond acceptors (Lipinski definition) is 10. The highest BCUT2D eigenvalue weighted by molar-refractivity contribution is 8.93. The van der Waals surface area contributed by atoms with Gasteiger partial charge in [0.15, 0.2) is 0 Å². The van der Waals surface area contributed by atoms with Crippen molar-refractivity contribution in [1.29, 1.82) is 0 Å². The molecule has 1 aromatic rings. The van der Waals surface area contributed by atoms with Crippen LogP contribution in [0.1, 0.15) is 18.4 Å². The van der Waals surface area contributed by atoms with Crippen molar-refractivity contribution < 1.29 is 4.92 Å². The van der Waals surface area contributed by atoms with E-state index in [0.29, 0.717) is 11.8 Å². The first-order valence-electron chi connectivity index (χ1n) is 14.6. The maximum absolute atomic E-state index is 11.0. The van der Waals surface area contributed by atoms with Gasteiger partial charge in [0, 0.05) is 71.0 Å². The zero-order chi connectivity index (χ0) is 26.7. The molecule has 2 saturated heterocycles. The van der Waals surface area contributed by atoms with Crippen LogP contribution in [0.2, 0.25) is 0 Å². The highest BCUT2D eigenvalue weighted by Crippen LogP contribution is 2.14. The number of nitrogens with one attached hydrogen (secondary N) is 7. The van der Waals surface area contributed by atoms with Crippen molar-refractivity contribution in [3.05, 3.63) is 39.9 Å². The third-order valence-corrected chi connectivity index (χ3v) is 7.42. The standard InChI is InChI=1S/C27H51N9O2.BrH/c37-36(38)27-5-3-24(4-6-27)23-35-17-2-9-30-12-15-33-21-26(22-34-16-18-35)25-19-31-13-10-28-7-1-8-29-11-14-32-20-25;/h3-6,25-26,28-34H,1-2,7-23H2;1H. The first-order chi connectivity index (χ1) is 18.7. The Bertz CT molecular complexity index is 745. The molecule has 0 aromatic heterocycles. The fourth-order valence-electron chi connectivity index (χ4n) is 5.12. The van der Waals surface area contributed by atoms with Gasteiger partial charge in [-0.2, -0.15) is 0 Å². The summed E-state index contributed by atoms with van der Waals surface area (Å²) in [7, 11) is 0. The Labute approximate surface area is 245 Å². The van der Waals surface area contributed by atoms with Crippen LogP contribution in [-0.2, 0) is 6.54 Å². The lowest BCUT2D eigenvalue weighted by atomic mass is 9.91. The van der Waals surface area contributed by atoms with Crippen LogP contribution in [0, 0.1) is 22.0 Å². The maximum Gasteiger partial charge on any atom is 0.269 e. The third-order valence-electron chi connectivity index (χ3n) is 7.42. The van der Waals surface area contributed by atoms with Crippen LogP contribution in [0.25, 0.3) is 0 Å². The van der Waals surface area contributed by atoms with E-state index in [1.807, 2.05) is 12.1 Å². The van der Waals surface area contributed by atoms with Crippen molar-refractivity contribution in [2.45, 2.75) is 19.4 Å². The number of nitro groups is 1. The quantitative estimate of drug-likeness (QED) is 0.186. The van der Waals surface area contributed by atoms with Crippen molar-refractivity contribution in [3.8, 4) is 0 Å². The van der Waals surface area contributed by atoms with Crippen LogP contribution < -0.4 is 37.2 Å². The van der Waals surface area contributed by atoms with Crippen LogP contribution in [0.15, 0.2) is 24.3 Å². The zero-order valence-electron chi connectivity index (χ0n) is 23.5. The first kappa shape index (κ1) is 34.0. The number of nitro benzene ring substituents is 1. The largest absolute Gasteiger partial charge is 0.315 e. The smallest absolute Gasteiger partial charge is 0.269 e. The van der Waals surface area contributed by atoms with E-state index >= 15 is 0 Å². The summed E-state index contributed by atoms with van der Waals surface area (Å²) in [5.41, 5.74) is 1.27. The second-order valence-corrected chi connectivity index (χ2v) is 10.5. The molecular weight excluding hydrogens is 562 g/mol. The van der Waals surface area contributed by atoms with E-state index < -0.39 is 0 Å². The molecule has 2 fully saturated rings. The van der Waals surface area contributed by atoms with E-state index in [2.05, 4.69) is 42.1 Å². The minimum Gasteiger partial charge on any atom is -0.315 e. The summed E-state index contributed by atoms with van der Waals surface area (Å²) in [5, 5.41) is 36.5. The molecule has 2 aliphatic rings. The Morgan fingerprint density at radius 1 is 0.641 bits per heavy atom. The van der Waals surface area contributed by atoms with Crippen molar-refractivity contribution in [3.63, 3.8) is 0 Å². The van der Waals surface area contributed by atoms with Crippen LogP contribution >= 0.6 is 17.0 Å². The average molecular weight is 615 g/mol. The van der Waals surface area contributed by atoms with E-state index in [9.17, 15) is 10.1 Å². The molecule has 0 bridgehead atoms. The Kier molecular flexibility index (Phi) is 18.7. The van der Waals surface area contributed by atoms with Gasteiger partial charge >= 0.3 is 0 Å². The number of rotatable bonds is 4. The van der Waals surface area contributed by atoms with Gasteiger partial charge in [-0.25, -0.2) is 0 Å². The Morgan fingerprint density at radius 2 is 1.10 bits per heavy atom. The topological polar surface area (TPSA) is 131 Å². The van der Waals surface area contributed by atoms with Gasteiger partial charge in [0.25, 0.3) is 5.69 Å². The van der Waals surface area contributed by atoms with E-state index in [0.717, 1.165) is 123 Å². The van der Waals surface area contributed by atoms with Crippen LogP contribution in [-0.4, -0.2) is 115 Å². The van der Waals surface area contributed by atoms with Crippen molar-refractivity contribution in [2.24, 2.45) is 11.8 Å². The van der Waals surface area contributed by atoms with Crippen LogP contribution in [0.3, 0.4) is 0 Å². The van der Waals surface area contributed by atoms with Gasteiger partial charge in [-0.05, 0) is 82.6 Å². The number of nitrogens with zero attached hydrogens (tertiary/aromatic N) is 2. The lowest BCUT2D eigenvalue weighted by Gasteiger charge is -2.30. The molecule has 0 saturated carbocycles. The molecule has 0 aliphatic carbocycles. The summed E-state index contributed by atoms with van der Waals surface area (Å²) in [6.07, 6.45) is 2.25. The minimum atomic E-state index is -0.337. The molecular formula is C27H52BrN9O2. The summed E-state index contributed by atoms with van der Waals surface area (Å²) in [5.74, 6) is 1.06. The second-order valence-electron chi connectivity index (χ2n) is 10.5. The molecule has 39 heavy (non-hydrogen) atoms. The molecule has 224 valence electrons. The Morgan fingerprint density at radius 3 is 1.62 bits per heavy atom. The molecule has 1 atom stereocenters. The second kappa shape index (κ2) is 21.5. The van der Waals surface area contributed by atoms with Gasteiger partial charge in [-0.3, -0.25) is 15.0 Å². The van der Waals surface area contributed by atoms with Gasteiger partial charge < -0.3 is 37.2 Å². The van der Waals surface area contributed by atoms with Crippen molar-refractivity contribution in [2.75, 3.05) is 105 Å². The van der Waals surface area contributed by atoms with E-state index in [-0.39, 0.29) is 27.6 Å². The molecule has 7 N–H and O–H groups in total. The third kappa shape index (κ3) is 14.8. The number of non-ortho nitro benzene ring substituents is 1. The molecule has 1 unspecified atom stereocenters. The molecule has 2 heterocycles. The summed E-state index contributed by atoms with van der Waals surface area (Å²) < 4.78 is 0. The van der Waals surface area contributed by atoms with Gasteiger partial charge in [0.1, 0.15) is 0 Å². The average Bonchev–Trinajstić information content (AvgIpc) is 2.92. The van der Waals surface area contributed by atoms with Gasteiger partial charge in [-0.15, -0.1) is 17.0 Å². The summed E-state index contributed by atoms with van der Waals surface area (Å²) >= 11 is 0. The number of benzene rings is 1. The van der Waals surface area contributed by atoms with Crippen molar-refractivity contribution in [1.82, 2.24) is 42.1 Å². The summed E-state index contributed by atoms with van der Waals surface area (Å²) in [6, 6.07) is 6.99. The molecule has 2 aliphatic heterocycles. The predicted molar refractivity (Wildman–Crippen MR) is 165 cm³/mol. The first-order valence-corrected chi connectivity index (χ1v) is 14.6. The molecule has 3 rings (SSSR count). The van der Waals surface area contributed by atoms with Gasteiger partial charge in [0.2, 0.25) is 0 Å². The summed E-state index contributed by atoms with van der Waals surface area (Å²) in [6.45, 7) is 16.8. The van der Waals surface area contributed by atoms with Crippen molar-refractivity contribution >= 4 is 22.7 Å². The fraction of sp³-hybridized carbons (Fsp3) is 0.778. The molecule has 0 spiro atoms. The van der Waals surface area contributed by atoms with E-state index in [1.54, 1.807) is 12.1 Å². The Balaban J connectivity index is 0.00000533.